The molecule has 8 nitrogen and oxygen atoms in total. The van der Waals surface area contributed by atoms with Crippen LogP contribution in [0.15, 0.2) is 11.2 Å². The Bertz CT molecular complexity index is 739. The predicted octanol–water partition coefficient (Wildman–Crippen LogP) is 0.808. The number of hydrogen-bond acceptors (Lipinski definition) is 5. The van der Waals surface area contributed by atoms with Crippen molar-refractivity contribution in [3.8, 4) is 0 Å². The minimum atomic E-state index is -3.59. The van der Waals surface area contributed by atoms with Gasteiger partial charge in [0.05, 0.1) is 0 Å². The first-order valence-corrected chi connectivity index (χ1v) is 10.8. The summed E-state index contributed by atoms with van der Waals surface area (Å²) in [5, 5.41) is 6.62. The molecule has 0 bridgehead atoms. The Hall–Kier alpha value is -1.16. The maximum atomic E-state index is 12.7. The molecule has 27 heavy (non-hydrogen) atoms. The fraction of sp³-hybridized carbons (Fsp3) is 0.765. The van der Waals surface area contributed by atoms with Crippen molar-refractivity contribution in [1.82, 2.24) is 24.5 Å². The van der Waals surface area contributed by atoms with E-state index in [1.807, 2.05) is 0 Å². The van der Waals surface area contributed by atoms with Crippen molar-refractivity contribution in [2.75, 3.05) is 19.6 Å². The number of carbonyl (C=O) groups is 1. The number of hydrogen-bond donors (Lipinski definition) is 2. The maximum Gasteiger partial charge on any atom is 0.262 e. The molecule has 2 N–H and O–H groups in total. The Morgan fingerprint density at radius 3 is 2.52 bits per heavy atom. The van der Waals surface area contributed by atoms with Crippen LogP contribution in [-0.2, 0) is 21.9 Å². The van der Waals surface area contributed by atoms with E-state index in [0.717, 1.165) is 19.4 Å². The lowest BCUT2D eigenvalue weighted by molar-refractivity contribution is -0.127. The molecular weight excluding hydrogens is 390 g/mol. The van der Waals surface area contributed by atoms with E-state index in [0.29, 0.717) is 31.8 Å². The Morgan fingerprint density at radius 2 is 1.96 bits per heavy atom. The summed E-state index contributed by atoms with van der Waals surface area (Å²) < 4.78 is 28.6. The number of halogens is 1. The maximum absolute atomic E-state index is 12.7. The summed E-state index contributed by atoms with van der Waals surface area (Å²) in [6.07, 6.45) is 4.69. The van der Waals surface area contributed by atoms with Crippen LogP contribution in [0.1, 0.15) is 38.4 Å². The monoisotopic (exact) mass is 419 g/mol. The van der Waals surface area contributed by atoms with Crippen LogP contribution in [0.2, 0.25) is 0 Å². The molecule has 0 aliphatic carbocycles. The van der Waals surface area contributed by atoms with Crippen molar-refractivity contribution in [1.29, 1.82) is 0 Å². The molecule has 10 heteroatoms. The van der Waals surface area contributed by atoms with Gasteiger partial charge < -0.3 is 15.2 Å². The zero-order valence-corrected chi connectivity index (χ0v) is 17.8. The van der Waals surface area contributed by atoms with Crippen LogP contribution in [0.5, 0.6) is 0 Å². The number of imidazole rings is 1. The first kappa shape index (κ1) is 22.1. The molecule has 2 unspecified atom stereocenters. The van der Waals surface area contributed by atoms with Crippen LogP contribution >= 0.6 is 12.4 Å². The number of aromatic nitrogens is 2. The molecule has 3 rings (SSSR count). The fourth-order valence-electron chi connectivity index (χ4n) is 3.68. The molecule has 1 aromatic heterocycles. The summed E-state index contributed by atoms with van der Waals surface area (Å²) in [7, 11) is -1.81. The highest BCUT2D eigenvalue weighted by Crippen LogP contribution is 2.24. The van der Waals surface area contributed by atoms with Gasteiger partial charge in [-0.3, -0.25) is 4.79 Å². The number of aryl methyl sites for hydroxylation is 2. The van der Waals surface area contributed by atoms with Crippen LogP contribution in [-0.4, -0.2) is 59.9 Å². The van der Waals surface area contributed by atoms with E-state index < -0.39 is 10.0 Å². The number of nitrogens with zero attached hydrogens (tertiary/aromatic N) is 3. The predicted molar refractivity (Wildman–Crippen MR) is 105 cm³/mol. The average molecular weight is 420 g/mol. The largest absolute Gasteiger partial charge is 0.352 e. The minimum absolute atomic E-state index is 0. The summed E-state index contributed by atoms with van der Waals surface area (Å²) in [5.41, 5.74) is 0. The lowest BCUT2D eigenvalue weighted by atomic mass is 9.94. The van der Waals surface area contributed by atoms with Crippen molar-refractivity contribution in [3.05, 3.63) is 12.0 Å². The SMILES string of the molecule is Cc1nc(S(=O)(=O)N2CCC(C(=O)NC3CCCNC3C)CC2)cn1C.Cl. The van der Waals surface area contributed by atoms with Gasteiger partial charge in [-0.1, -0.05) is 0 Å². The molecule has 2 aliphatic rings. The van der Waals surface area contributed by atoms with Gasteiger partial charge >= 0.3 is 0 Å². The van der Waals surface area contributed by atoms with Crippen molar-refractivity contribution in [2.45, 2.75) is 56.6 Å². The second kappa shape index (κ2) is 8.89. The van der Waals surface area contributed by atoms with Crippen LogP contribution in [0, 0.1) is 12.8 Å². The van der Waals surface area contributed by atoms with Crippen LogP contribution in [0.25, 0.3) is 0 Å². The minimum Gasteiger partial charge on any atom is -0.352 e. The van der Waals surface area contributed by atoms with Gasteiger partial charge in [-0.05, 0) is 46.1 Å². The van der Waals surface area contributed by atoms with E-state index >= 15 is 0 Å². The third-order valence-electron chi connectivity index (χ3n) is 5.60. The molecule has 2 atom stereocenters. The molecule has 2 saturated heterocycles. The smallest absolute Gasteiger partial charge is 0.262 e. The van der Waals surface area contributed by atoms with Crippen LogP contribution in [0.4, 0.5) is 0 Å². The van der Waals surface area contributed by atoms with E-state index in [4.69, 9.17) is 0 Å². The lowest BCUT2D eigenvalue weighted by Gasteiger charge is -2.34. The molecule has 2 fully saturated rings. The van der Waals surface area contributed by atoms with Crippen molar-refractivity contribution < 1.29 is 13.2 Å². The summed E-state index contributed by atoms with van der Waals surface area (Å²) in [6.45, 7) is 5.57. The van der Waals surface area contributed by atoms with E-state index in [1.54, 1.807) is 24.7 Å². The van der Waals surface area contributed by atoms with Gasteiger partial charge in [0.2, 0.25) is 5.91 Å². The Kier molecular flexibility index (Phi) is 7.29. The van der Waals surface area contributed by atoms with Crippen molar-refractivity contribution >= 4 is 28.3 Å². The number of carbonyl (C=O) groups excluding carboxylic acids is 1. The zero-order chi connectivity index (χ0) is 18.9. The zero-order valence-electron chi connectivity index (χ0n) is 16.1. The van der Waals surface area contributed by atoms with E-state index in [-0.39, 0.29) is 41.3 Å². The third-order valence-corrected chi connectivity index (χ3v) is 7.38. The molecule has 2 aliphatic heterocycles. The highest BCUT2D eigenvalue weighted by Gasteiger charge is 2.34. The van der Waals surface area contributed by atoms with Crippen molar-refractivity contribution in [2.24, 2.45) is 13.0 Å². The van der Waals surface area contributed by atoms with Gasteiger partial charge in [-0.15, -0.1) is 12.4 Å². The van der Waals surface area contributed by atoms with E-state index in [1.165, 1.54) is 4.31 Å². The molecule has 0 spiro atoms. The number of piperidine rings is 2. The second-order valence-corrected chi connectivity index (χ2v) is 9.30. The molecule has 0 saturated carbocycles. The van der Waals surface area contributed by atoms with Gasteiger partial charge in [-0.2, -0.15) is 4.31 Å². The van der Waals surface area contributed by atoms with Gasteiger partial charge in [0.1, 0.15) is 5.82 Å². The van der Waals surface area contributed by atoms with Crippen LogP contribution in [0.3, 0.4) is 0 Å². The topological polar surface area (TPSA) is 96.3 Å². The number of sulfonamides is 1. The lowest BCUT2D eigenvalue weighted by Crippen LogP contribution is -2.54. The molecule has 0 radical (unpaired) electrons. The Morgan fingerprint density at radius 1 is 1.30 bits per heavy atom. The van der Waals surface area contributed by atoms with E-state index in [2.05, 4.69) is 22.5 Å². The second-order valence-electron chi connectivity index (χ2n) is 7.42. The summed E-state index contributed by atoms with van der Waals surface area (Å²) in [6, 6.07) is 0.440. The molecule has 0 aromatic carbocycles. The summed E-state index contributed by atoms with van der Waals surface area (Å²) in [5.74, 6) is 0.588. The number of nitrogens with one attached hydrogen (secondary N) is 2. The first-order chi connectivity index (χ1) is 12.3. The summed E-state index contributed by atoms with van der Waals surface area (Å²) in [4.78, 5) is 16.7. The van der Waals surface area contributed by atoms with E-state index in [9.17, 15) is 13.2 Å². The molecular formula is C17H30ClN5O3S. The van der Waals surface area contributed by atoms with Gasteiger partial charge in [0.25, 0.3) is 10.0 Å². The number of amides is 1. The summed E-state index contributed by atoms with van der Waals surface area (Å²) >= 11 is 0. The number of rotatable bonds is 4. The first-order valence-electron chi connectivity index (χ1n) is 9.33. The molecule has 154 valence electrons. The average Bonchev–Trinajstić information content (AvgIpc) is 2.97. The molecule has 1 amide bonds. The quantitative estimate of drug-likeness (QED) is 0.752. The highest BCUT2D eigenvalue weighted by atomic mass is 35.5. The normalized spacial score (nSPS) is 25.0. The Balaban J connectivity index is 0.00000261. The van der Waals surface area contributed by atoms with Gasteiger partial charge in [-0.25, -0.2) is 13.4 Å². The third kappa shape index (κ3) is 4.82. The molecule has 1 aromatic rings. The molecule has 3 heterocycles. The van der Waals surface area contributed by atoms with Gasteiger partial charge in [0, 0.05) is 44.3 Å². The van der Waals surface area contributed by atoms with Gasteiger partial charge in [0.15, 0.2) is 5.03 Å². The fourth-order valence-corrected chi connectivity index (χ4v) is 5.18. The van der Waals surface area contributed by atoms with Crippen LogP contribution < -0.4 is 10.6 Å². The standard InChI is InChI=1S/C17H29N5O3S.ClH/c1-12-15(5-4-8-18-12)20-17(23)14-6-9-22(10-7-14)26(24,25)16-11-21(3)13(2)19-16;/h11-12,14-15,18H,4-10H2,1-3H3,(H,20,23);1H. The van der Waals surface area contributed by atoms with Crippen molar-refractivity contribution in [3.63, 3.8) is 0 Å². The Labute approximate surface area is 167 Å². The highest BCUT2D eigenvalue weighted by molar-refractivity contribution is 7.89.